The molecule has 1 fully saturated rings. The molecule has 0 atom stereocenters. The van der Waals surface area contributed by atoms with E-state index < -0.39 is 0 Å². The van der Waals surface area contributed by atoms with E-state index in [4.69, 9.17) is 0 Å². The molecule has 0 bridgehead atoms. The lowest BCUT2D eigenvalue weighted by Gasteiger charge is -2.36. The van der Waals surface area contributed by atoms with Crippen molar-refractivity contribution in [3.05, 3.63) is 46.4 Å². The first-order valence-electron chi connectivity index (χ1n) is 8.55. The van der Waals surface area contributed by atoms with E-state index in [2.05, 4.69) is 32.3 Å². The van der Waals surface area contributed by atoms with Gasteiger partial charge in [0.2, 0.25) is 10.9 Å². The number of hydrogen-bond donors (Lipinski definition) is 0. The Balaban J connectivity index is 1.34. The molecule has 10 heteroatoms. The van der Waals surface area contributed by atoms with Gasteiger partial charge in [-0.2, -0.15) is 4.52 Å². The fourth-order valence-corrected chi connectivity index (χ4v) is 4.68. The van der Waals surface area contributed by atoms with Gasteiger partial charge in [-0.3, -0.25) is 9.59 Å². The first-order chi connectivity index (χ1) is 13.1. The number of carbonyl (C=O) groups excluding carboxylic acids is 1. The molecule has 0 aliphatic carbocycles. The number of para-hydroxylation sites is 1. The number of piperazine rings is 1. The lowest BCUT2D eigenvalue weighted by Crippen LogP contribution is -2.49. The van der Waals surface area contributed by atoms with Crippen molar-refractivity contribution in [1.29, 1.82) is 0 Å². The number of aromatic nitrogens is 4. The van der Waals surface area contributed by atoms with Crippen molar-refractivity contribution >= 4 is 39.7 Å². The maximum absolute atomic E-state index is 12.5. The van der Waals surface area contributed by atoms with Crippen molar-refractivity contribution in [3.8, 4) is 0 Å². The third-order valence-corrected chi connectivity index (χ3v) is 6.42. The van der Waals surface area contributed by atoms with Gasteiger partial charge >= 0.3 is 0 Å². The van der Waals surface area contributed by atoms with Crippen LogP contribution in [0.5, 0.6) is 0 Å². The normalized spacial score (nSPS) is 14.7. The number of rotatable bonds is 4. The van der Waals surface area contributed by atoms with Crippen molar-refractivity contribution in [2.45, 2.75) is 11.3 Å². The van der Waals surface area contributed by atoms with Gasteiger partial charge in [-0.05, 0) is 19.1 Å². The van der Waals surface area contributed by atoms with Crippen LogP contribution in [0.2, 0.25) is 0 Å². The largest absolute Gasteiger partial charge is 0.368 e. The van der Waals surface area contributed by atoms with Crippen molar-refractivity contribution in [3.63, 3.8) is 0 Å². The smallest absolute Gasteiger partial charge is 0.296 e. The molecule has 0 radical (unpaired) electrons. The maximum atomic E-state index is 12.5. The standard InChI is InChI=1S/C17H18N6O2S2/c1-12-15(25)23-16(19-18-12)27-17(20-23)26-11-14(24)22-9-7-21(8-10-22)13-5-3-2-4-6-13/h2-6H,7-11H2,1H3. The zero-order valence-electron chi connectivity index (χ0n) is 14.7. The van der Waals surface area contributed by atoms with E-state index in [1.165, 1.54) is 33.3 Å². The number of nitrogens with zero attached hydrogens (tertiary/aromatic N) is 6. The monoisotopic (exact) mass is 402 g/mol. The highest BCUT2D eigenvalue weighted by Crippen LogP contribution is 2.23. The summed E-state index contributed by atoms with van der Waals surface area (Å²) in [4.78, 5) is 29.1. The topological polar surface area (TPSA) is 83.7 Å². The van der Waals surface area contributed by atoms with E-state index in [1.54, 1.807) is 6.92 Å². The Kier molecular flexibility index (Phi) is 5.08. The van der Waals surface area contributed by atoms with Gasteiger partial charge in [-0.25, -0.2) is 0 Å². The summed E-state index contributed by atoms with van der Waals surface area (Å²) in [6.07, 6.45) is 0. The van der Waals surface area contributed by atoms with Gasteiger partial charge in [-0.1, -0.05) is 41.3 Å². The number of amides is 1. The van der Waals surface area contributed by atoms with Crippen molar-refractivity contribution < 1.29 is 4.79 Å². The summed E-state index contributed by atoms with van der Waals surface area (Å²) in [5, 5.41) is 12.0. The van der Waals surface area contributed by atoms with E-state index in [-0.39, 0.29) is 11.5 Å². The molecule has 27 heavy (non-hydrogen) atoms. The summed E-state index contributed by atoms with van der Waals surface area (Å²) in [6.45, 7) is 4.67. The number of benzene rings is 1. The number of fused-ring (bicyclic) bond motifs is 1. The molecule has 4 rings (SSSR count). The van der Waals surface area contributed by atoms with Crippen molar-refractivity contribution in [2.24, 2.45) is 0 Å². The van der Waals surface area contributed by atoms with Crippen molar-refractivity contribution in [2.75, 3.05) is 36.8 Å². The predicted molar refractivity (Wildman–Crippen MR) is 106 cm³/mol. The zero-order valence-corrected chi connectivity index (χ0v) is 16.4. The van der Waals surface area contributed by atoms with E-state index in [0.717, 1.165) is 13.1 Å². The van der Waals surface area contributed by atoms with Crippen LogP contribution in [0.1, 0.15) is 5.69 Å². The van der Waals surface area contributed by atoms with Crippen LogP contribution in [0.4, 0.5) is 5.69 Å². The minimum Gasteiger partial charge on any atom is -0.368 e. The molecule has 0 saturated carbocycles. The fourth-order valence-electron chi connectivity index (χ4n) is 2.90. The van der Waals surface area contributed by atoms with Crippen LogP contribution in [0, 0.1) is 6.92 Å². The molecule has 0 N–H and O–H groups in total. The summed E-state index contributed by atoms with van der Waals surface area (Å²) in [5.74, 6) is 0.383. The first kappa shape index (κ1) is 17.9. The summed E-state index contributed by atoms with van der Waals surface area (Å²) in [5.41, 5.74) is 1.23. The summed E-state index contributed by atoms with van der Waals surface area (Å²) in [6, 6.07) is 10.2. The fraction of sp³-hybridized carbons (Fsp3) is 0.353. The highest BCUT2D eigenvalue weighted by molar-refractivity contribution is 8.01. The summed E-state index contributed by atoms with van der Waals surface area (Å²) in [7, 11) is 0. The molecular formula is C17H18N6O2S2. The van der Waals surface area contributed by atoms with Gasteiger partial charge in [0, 0.05) is 31.9 Å². The third kappa shape index (κ3) is 3.81. The van der Waals surface area contributed by atoms with Gasteiger partial charge in [0.05, 0.1) is 5.75 Å². The molecule has 3 heterocycles. The van der Waals surface area contributed by atoms with Crippen LogP contribution < -0.4 is 10.5 Å². The minimum absolute atomic E-state index is 0.0848. The molecule has 3 aromatic rings. The zero-order chi connectivity index (χ0) is 18.8. The molecular weight excluding hydrogens is 384 g/mol. The van der Waals surface area contributed by atoms with E-state index in [0.29, 0.717) is 33.8 Å². The Morgan fingerprint density at radius 2 is 1.89 bits per heavy atom. The molecule has 2 aromatic heterocycles. The second kappa shape index (κ2) is 7.65. The first-order valence-corrected chi connectivity index (χ1v) is 10.4. The second-order valence-electron chi connectivity index (χ2n) is 6.14. The number of carbonyl (C=O) groups is 1. The molecule has 1 saturated heterocycles. The molecule has 0 spiro atoms. The lowest BCUT2D eigenvalue weighted by molar-refractivity contribution is -0.128. The Morgan fingerprint density at radius 3 is 2.63 bits per heavy atom. The van der Waals surface area contributed by atoms with E-state index >= 15 is 0 Å². The summed E-state index contributed by atoms with van der Waals surface area (Å²) >= 11 is 2.60. The molecule has 8 nitrogen and oxygen atoms in total. The second-order valence-corrected chi connectivity index (χ2v) is 8.32. The molecule has 140 valence electrons. The average Bonchev–Trinajstić information content (AvgIpc) is 3.14. The predicted octanol–water partition coefficient (Wildman–Crippen LogP) is 1.30. The van der Waals surface area contributed by atoms with Crippen LogP contribution >= 0.6 is 23.1 Å². The van der Waals surface area contributed by atoms with Crippen LogP contribution in [-0.2, 0) is 4.79 Å². The van der Waals surface area contributed by atoms with E-state index in [9.17, 15) is 9.59 Å². The highest BCUT2D eigenvalue weighted by atomic mass is 32.2. The van der Waals surface area contributed by atoms with Gasteiger partial charge in [0.1, 0.15) is 5.69 Å². The molecule has 1 amide bonds. The number of aryl methyl sites for hydroxylation is 1. The Bertz CT molecular complexity index is 1010. The maximum Gasteiger partial charge on any atom is 0.296 e. The van der Waals surface area contributed by atoms with Gasteiger partial charge in [0.15, 0.2) is 4.34 Å². The Morgan fingerprint density at radius 1 is 1.15 bits per heavy atom. The van der Waals surface area contributed by atoms with Gasteiger partial charge < -0.3 is 9.80 Å². The number of hydrogen-bond acceptors (Lipinski definition) is 8. The van der Waals surface area contributed by atoms with Crippen molar-refractivity contribution in [1.82, 2.24) is 24.7 Å². The van der Waals surface area contributed by atoms with Crippen LogP contribution in [0.25, 0.3) is 4.96 Å². The van der Waals surface area contributed by atoms with Gasteiger partial charge in [-0.15, -0.1) is 15.3 Å². The number of anilines is 1. The highest BCUT2D eigenvalue weighted by Gasteiger charge is 2.22. The molecule has 1 aliphatic rings. The van der Waals surface area contributed by atoms with Crippen LogP contribution in [-0.4, -0.2) is 62.6 Å². The van der Waals surface area contributed by atoms with Gasteiger partial charge in [0.25, 0.3) is 5.56 Å². The molecule has 1 aromatic carbocycles. The Hall–Kier alpha value is -2.46. The average molecular weight is 403 g/mol. The van der Waals surface area contributed by atoms with E-state index in [1.807, 2.05) is 23.1 Å². The SMILES string of the molecule is Cc1nnc2sc(SCC(=O)N3CCN(c4ccccc4)CC3)nn2c1=O. The van der Waals surface area contributed by atoms with Crippen LogP contribution in [0.3, 0.4) is 0 Å². The third-order valence-electron chi connectivity index (χ3n) is 4.40. The Labute approximate surface area is 163 Å². The number of thioether (sulfide) groups is 1. The quantitative estimate of drug-likeness (QED) is 0.608. The van der Waals surface area contributed by atoms with Crippen LogP contribution in [0.15, 0.2) is 39.5 Å². The minimum atomic E-state index is -0.272. The molecule has 0 unspecified atom stereocenters. The summed E-state index contributed by atoms with van der Waals surface area (Å²) < 4.78 is 1.89. The lowest BCUT2D eigenvalue weighted by atomic mass is 10.2. The molecule has 1 aliphatic heterocycles.